The van der Waals surface area contributed by atoms with Crippen LogP contribution >= 0.6 is 0 Å². The summed E-state index contributed by atoms with van der Waals surface area (Å²) in [5, 5.41) is 8.53. The molecule has 1 aromatic heterocycles. The van der Waals surface area contributed by atoms with E-state index in [0.717, 1.165) is 72.7 Å². The van der Waals surface area contributed by atoms with Crippen molar-refractivity contribution in [3.8, 4) is 11.5 Å². The normalized spacial score (nSPS) is 13.6. The molecule has 2 N–H and O–H groups in total. The summed E-state index contributed by atoms with van der Waals surface area (Å²) in [4.78, 5) is 16.8. The van der Waals surface area contributed by atoms with Crippen LogP contribution in [0.1, 0.15) is 24.5 Å². The minimum Gasteiger partial charge on any atom is -0.493 e. The summed E-state index contributed by atoms with van der Waals surface area (Å²) in [6.45, 7) is 7.48. The van der Waals surface area contributed by atoms with E-state index in [4.69, 9.17) is 23.6 Å². The highest BCUT2D eigenvalue weighted by Gasteiger charge is 2.14. The number of hydrogen-bond donors (Lipinski definition) is 2. The molecule has 262 valence electrons. The Bertz CT molecular complexity index is 1940. The Labute approximate surface area is 292 Å². The van der Waals surface area contributed by atoms with Crippen LogP contribution < -0.4 is 14.8 Å². The molecule has 6 rings (SSSR count). The second-order valence-electron chi connectivity index (χ2n) is 11.3. The van der Waals surface area contributed by atoms with Gasteiger partial charge in [-0.1, -0.05) is 65.8 Å². The number of fused-ring (bicyclic) bond motifs is 1. The molecular formula is C37H41N5O7S. The largest absolute Gasteiger partial charge is 0.493 e. The molecule has 1 aliphatic heterocycles. The Kier molecular flexibility index (Phi) is 13.1. The van der Waals surface area contributed by atoms with E-state index in [1.807, 2.05) is 73.7 Å². The standard InChI is InChI=1S/C31H35N5O4.C6H6O3S/c1-23(35-40-21-24-7-4-3-5-8-24)25-9-11-26(12-10-25)34-31-27-19-30(29(37-2)20-28(27)32-22-33-31)39-16-6-13-36-14-17-38-18-15-36;7-10(8,9)6-4-2-1-3-5-6/h3-5,7-12,19-20,22H,6,13-18,21H2,1-2H3,(H,32,33,34);1-5H,(H,7,8,9)/b35-23+;. The van der Waals surface area contributed by atoms with Gasteiger partial charge in [-0.05, 0) is 54.8 Å². The van der Waals surface area contributed by atoms with E-state index in [0.29, 0.717) is 30.5 Å². The molecule has 0 spiro atoms. The average molecular weight is 700 g/mol. The number of anilines is 2. The maximum absolute atomic E-state index is 10.4. The summed E-state index contributed by atoms with van der Waals surface area (Å²) in [5.41, 5.74) is 4.52. The van der Waals surface area contributed by atoms with Crippen molar-refractivity contribution in [1.29, 1.82) is 0 Å². The Hall–Kier alpha value is -5.08. The lowest BCUT2D eigenvalue weighted by atomic mass is 10.1. The van der Waals surface area contributed by atoms with Crippen molar-refractivity contribution in [2.45, 2.75) is 24.8 Å². The van der Waals surface area contributed by atoms with Gasteiger partial charge in [-0.15, -0.1) is 0 Å². The Balaban J connectivity index is 0.000000418. The van der Waals surface area contributed by atoms with Gasteiger partial charge in [-0.3, -0.25) is 9.45 Å². The van der Waals surface area contributed by atoms with E-state index < -0.39 is 10.1 Å². The predicted molar refractivity (Wildman–Crippen MR) is 193 cm³/mol. The summed E-state index contributed by atoms with van der Waals surface area (Å²) in [5.74, 6) is 2.01. The van der Waals surface area contributed by atoms with Crippen molar-refractivity contribution in [1.82, 2.24) is 14.9 Å². The van der Waals surface area contributed by atoms with E-state index in [-0.39, 0.29) is 4.90 Å². The molecule has 1 fully saturated rings. The minimum absolute atomic E-state index is 0.0741. The van der Waals surface area contributed by atoms with E-state index in [2.05, 4.69) is 25.3 Å². The fourth-order valence-corrected chi connectivity index (χ4v) is 5.59. The SMILES string of the molecule is COc1cc2ncnc(Nc3ccc(/C(C)=N/OCc4ccccc4)cc3)c2cc1OCCCN1CCOCC1.O=S(=O)(O)c1ccccc1. The van der Waals surface area contributed by atoms with Crippen LogP contribution in [0.4, 0.5) is 11.5 Å². The lowest BCUT2D eigenvalue weighted by Crippen LogP contribution is -2.37. The van der Waals surface area contributed by atoms with Crippen LogP contribution in [0.2, 0.25) is 0 Å². The zero-order chi connectivity index (χ0) is 35.2. The van der Waals surface area contributed by atoms with Gasteiger partial charge in [0.1, 0.15) is 18.8 Å². The van der Waals surface area contributed by atoms with Crippen LogP contribution in [0.15, 0.2) is 113 Å². The molecule has 0 saturated carbocycles. The number of nitrogens with one attached hydrogen (secondary N) is 1. The minimum atomic E-state index is -4.00. The number of morpholine rings is 1. The zero-order valence-electron chi connectivity index (χ0n) is 28.1. The maximum Gasteiger partial charge on any atom is 0.294 e. The highest BCUT2D eigenvalue weighted by molar-refractivity contribution is 7.85. The molecule has 0 atom stereocenters. The zero-order valence-corrected chi connectivity index (χ0v) is 28.9. The first-order valence-electron chi connectivity index (χ1n) is 16.2. The van der Waals surface area contributed by atoms with Crippen LogP contribution in [0.5, 0.6) is 11.5 Å². The fourth-order valence-electron chi connectivity index (χ4n) is 5.09. The highest BCUT2D eigenvalue weighted by Crippen LogP contribution is 2.35. The van der Waals surface area contributed by atoms with Gasteiger partial charge in [0.05, 0.1) is 43.1 Å². The molecule has 1 aliphatic rings. The Morgan fingerprint density at radius 1 is 0.940 bits per heavy atom. The number of hydrogen-bond acceptors (Lipinski definition) is 11. The number of methoxy groups -OCH3 is 1. The maximum atomic E-state index is 10.4. The molecule has 1 saturated heterocycles. The first-order valence-corrected chi connectivity index (χ1v) is 17.6. The monoisotopic (exact) mass is 699 g/mol. The van der Waals surface area contributed by atoms with Gasteiger partial charge in [-0.2, -0.15) is 8.42 Å². The molecule has 4 aromatic carbocycles. The second-order valence-corrected chi connectivity index (χ2v) is 12.7. The van der Waals surface area contributed by atoms with Crippen LogP contribution in [0.25, 0.3) is 10.9 Å². The Morgan fingerprint density at radius 2 is 1.64 bits per heavy atom. The van der Waals surface area contributed by atoms with Crippen molar-refractivity contribution in [3.63, 3.8) is 0 Å². The molecule has 13 heteroatoms. The highest BCUT2D eigenvalue weighted by atomic mass is 32.2. The Morgan fingerprint density at radius 3 is 2.30 bits per heavy atom. The van der Waals surface area contributed by atoms with Gasteiger partial charge in [0.15, 0.2) is 11.5 Å². The smallest absolute Gasteiger partial charge is 0.294 e. The van der Waals surface area contributed by atoms with Crippen molar-refractivity contribution in [2.75, 3.05) is 51.9 Å². The summed E-state index contributed by atoms with van der Waals surface area (Å²) < 4.78 is 46.4. The molecular weight excluding hydrogens is 659 g/mol. The summed E-state index contributed by atoms with van der Waals surface area (Å²) >= 11 is 0. The number of ether oxygens (including phenoxy) is 3. The van der Waals surface area contributed by atoms with Crippen LogP contribution in [-0.2, 0) is 26.3 Å². The fraction of sp³-hybridized carbons (Fsp3) is 0.270. The third-order valence-electron chi connectivity index (χ3n) is 7.78. The van der Waals surface area contributed by atoms with Gasteiger partial charge < -0.3 is 24.4 Å². The van der Waals surface area contributed by atoms with E-state index in [9.17, 15) is 8.42 Å². The average Bonchev–Trinajstić information content (AvgIpc) is 3.14. The molecule has 0 bridgehead atoms. The molecule has 0 aliphatic carbocycles. The van der Waals surface area contributed by atoms with Crippen LogP contribution in [0.3, 0.4) is 0 Å². The van der Waals surface area contributed by atoms with Gasteiger partial charge in [0.25, 0.3) is 10.1 Å². The van der Waals surface area contributed by atoms with E-state index in [1.165, 1.54) is 12.1 Å². The van der Waals surface area contributed by atoms with Gasteiger partial charge >= 0.3 is 0 Å². The molecule has 12 nitrogen and oxygen atoms in total. The lowest BCUT2D eigenvalue weighted by molar-refractivity contribution is 0.0357. The van der Waals surface area contributed by atoms with Crippen molar-refractivity contribution < 1.29 is 32.0 Å². The number of aromatic nitrogens is 2. The molecule has 2 heterocycles. The number of rotatable bonds is 13. The second kappa shape index (κ2) is 18.1. The predicted octanol–water partition coefficient (Wildman–Crippen LogP) is 6.36. The molecule has 5 aromatic rings. The number of oxime groups is 1. The van der Waals surface area contributed by atoms with Crippen molar-refractivity contribution in [2.24, 2.45) is 5.16 Å². The molecule has 0 unspecified atom stereocenters. The van der Waals surface area contributed by atoms with Gasteiger partial charge in [0, 0.05) is 36.8 Å². The molecule has 0 amide bonds. The molecule has 0 radical (unpaired) electrons. The van der Waals surface area contributed by atoms with Gasteiger partial charge in [0.2, 0.25) is 0 Å². The lowest BCUT2D eigenvalue weighted by Gasteiger charge is -2.26. The van der Waals surface area contributed by atoms with Gasteiger partial charge in [-0.25, -0.2) is 9.97 Å². The quantitative estimate of drug-likeness (QED) is 0.0613. The third kappa shape index (κ3) is 10.7. The topological polar surface area (TPSA) is 145 Å². The number of nitrogens with zero attached hydrogens (tertiary/aromatic N) is 4. The van der Waals surface area contributed by atoms with E-state index >= 15 is 0 Å². The summed E-state index contributed by atoms with van der Waals surface area (Å²) in [7, 11) is -2.36. The van der Waals surface area contributed by atoms with Crippen molar-refractivity contribution >= 4 is 38.2 Å². The summed E-state index contributed by atoms with van der Waals surface area (Å²) in [6, 6.07) is 29.2. The molecule has 50 heavy (non-hydrogen) atoms. The first-order chi connectivity index (χ1) is 24.3. The number of benzene rings is 4. The van der Waals surface area contributed by atoms with E-state index in [1.54, 1.807) is 31.6 Å². The summed E-state index contributed by atoms with van der Waals surface area (Å²) in [6.07, 6.45) is 2.46. The third-order valence-corrected chi connectivity index (χ3v) is 8.65. The van der Waals surface area contributed by atoms with Crippen LogP contribution in [0, 0.1) is 0 Å². The first kappa shape index (κ1) is 36.2. The van der Waals surface area contributed by atoms with Crippen LogP contribution in [-0.4, -0.2) is 80.1 Å². The van der Waals surface area contributed by atoms with Crippen molar-refractivity contribution in [3.05, 3.63) is 115 Å².